The molecule has 0 spiro atoms. The standard InChI is InChI=1S/C21H18O3Si/c1-2-18-25(22-19-12-6-3-7-13-19,23-20-14-8-4-9-15-20)24-21-16-10-5-11-17-21/h3-17H,1H3. The predicted octanol–water partition coefficient (Wildman–Crippen LogP) is 4.72. The Labute approximate surface area is 149 Å². The van der Waals surface area contributed by atoms with Crippen LogP contribution in [0.2, 0.25) is 0 Å². The third kappa shape index (κ3) is 4.66. The first-order chi connectivity index (χ1) is 12.3. The predicted molar refractivity (Wildman–Crippen MR) is 100 cm³/mol. The highest BCUT2D eigenvalue weighted by atomic mass is 28.4. The van der Waals surface area contributed by atoms with Crippen LogP contribution in [-0.4, -0.2) is 8.80 Å². The van der Waals surface area contributed by atoms with E-state index < -0.39 is 8.80 Å². The lowest BCUT2D eigenvalue weighted by atomic mass is 10.3. The number of rotatable bonds is 6. The fourth-order valence-electron chi connectivity index (χ4n) is 2.22. The average molecular weight is 346 g/mol. The van der Waals surface area contributed by atoms with Crippen LogP contribution in [0.1, 0.15) is 6.92 Å². The maximum atomic E-state index is 6.17. The maximum Gasteiger partial charge on any atom is 0.793 e. The van der Waals surface area contributed by atoms with Gasteiger partial charge in [-0.1, -0.05) is 54.6 Å². The van der Waals surface area contributed by atoms with Gasteiger partial charge in [0, 0.05) is 5.54 Å². The van der Waals surface area contributed by atoms with E-state index in [-0.39, 0.29) is 0 Å². The first-order valence-corrected chi connectivity index (χ1v) is 9.68. The van der Waals surface area contributed by atoms with Crippen LogP contribution in [-0.2, 0) is 0 Å². The van der Waals surface area contributed by atoms with E-state index in [1.165, 1.54) is 0 Å². The summed E-state index contributed by atoms with van der Waals surface area (Å²) < 4.78 is 18.5. The normalized spacial score (nSPS) is 10.3. The van der Waals surface area contributed by atoms with Gasteiger partial charge in [0.1, 0.15) is 17.2 Å². The second-order valence-electron chi connectivity index (χ2n) is 5.18. The zero-order chi connectivity index (χ0) is 17.4. The summed E-state index contributed by atoms with van der Waals surface area (Å²) in [6.45, 7) is 1.75. The molecule has 0 aliphatic rings. The van der Waals surface area contributed by atoms with E-state index in [0.29, 0.717) is 17.2 Å². The van der Waals surface area contributed by atoms with Crippen LogP contribution in [0.25, 0.3) is 0 Å². The molecule has 0 fully saturated rings. The average Bonchev–Trinajstić information content (AvgIpc) is 2.64. The van der Waals surface area contributed by atoms with Gasteiger partial charge in [-0.15, -0.1) is 5.92 Å². The Morgan fingerprint density at radius 2 is 0.880 bits per heavy atom. The largest absolute Gasteiger partial charge is 0.793 e. The number of para-hydroxylation sites is 3. The lowest BCUT2D eigenvalue weighted by Gasteiger charge is -2.25. The quantitative estimate of drug-likeness (QED) is 0.477. The molecule has 25 heavy (non-hydrogen) atoms. The van der Waals surface area contributed by atoms with E-state index in [1.54, 1.807) is 6.92 Å². The van der Waals surface area contributed by atoms with Gasteiger partial charge in [-0.3, -0.25) is 0 Å². The van der Waals surface area contributed by atoms with Crippen molar-refractivity contribution in [3.63, 3.8) is 0 Å². The van der Waals surface area contributed by atoms with Crippen molar-refractivity contribution >= 4 is 8.80 Å². The molecule has 3 nitrogen and oxygen atoms in total. The van der Waals surface area contributed by atoms with E-state index in [0.717, 1.165) is 0 Å². The lowest BCUT2D eigenvalue weighted by Crippen LogP contribution is -2.54. The van der Waals surface area contributed by atoms with Gasteiger partial charge in [0.15, 0.2) is 0 Å². The Hall–Kier alpha value is -3.16. The SMILES string of the molecule is CC#C[Si](Oc1ccccc1)(Oc1ccccc1)Oc1ccccc1. The summed E-state index contributed by atoms with van der Waals surface area (Å²) in [4.78, 5) is 0. The summed E-state index contributed by atoms with van der Waals surface area (Å²) in [5.74, 6) is 4.87. The molecule has 0 heterocycles. The van der Waals surface area contributed by atoms with Crippen molar-refractivity contribution in [3.05, 3.63) is 91.0 Å². The molecule has 0 aromatic heterocycles. The Kier molecular flexibility index (Phi) is 5.40. The molecule has 4 heteroatoms. The summed E-state index contributed by atoms with van der Waals surface area (Å²) in [5, 5.41) is 0. The minimum absolute atomic E-state index is 0.656. The molecule has 0 aliphatic carbocycles. The van der Waals surface area contributed by atoms with Crippen LogP contribution >= 0.6 is 0 Å². The van der Waals surface area contributed by atoms with Gasteiger partial charge in [0.05, 0.1) is 0 Å². The van der Waals surface area contributed by atoms with Crippen LogP contribution in [0.15, 0.2) is 91.0 Å². The number of hydrogen-bond acceptors (Lipinski definition) is 3. The zero-order valence-corrected chi connectivity index (χ0v) is 14.9. The number of benzene rings is 3. The Morgan fingerprint density at radius 3 is 1.16 bits per heavy atom. The molecule has 0 unspecified atom stereocenters. The first-order valence-electron chi connectivity index (χ1n) is 7.96. The minimum atomic E-state index is -3.38. The van der Waals surface area contributed by atoms with Crippen LogP contribution in [0.5, 0.6) is 17.2 Å². The minimum Gasteiger partial charge on any atom is -0.474 e. The van der Waals surface area contributed by atoms with Crippen molar-refractivity contribution in [1.29, 1.82) is 0 Å². The summed E-state index contributed by atoms with van der Waals surface area (Å²) in [7, 11) is -3.38. The summed E-state index contributed by atoms with van der Waals surface area (Å²) >= 11 is 0. The fourth-order valence-corrected chi connectivity index (χ4v) is 4.15. The molecule has 3 aromatic rings. The summed E-state index contributed by atoms with van der Waals surface area (Å²) in [5.41, 5.74) is 3.06. The fraction of sp³-hybridized carbons (Fsp3) is 0.0476. The Balaban J connectivity index is 1.98. The van der Waals surface area contributed by atoms with Crippen molar-refractivity contribution in [2.45, 2.75) is 6.92 Å². The smallest absolute Gasteiger partial charge is 0.474 e. The second-order valence-corrected chi connectivity index (χ2v) is 7.15. The topological polar surface area (TPSA) is 27.7 Å². The summed E-state index contributed by atoms with van der Waals surface area (Å²) in [6, 6.07) is 28.4. The van der Waals surface area contributed by atoms with E-state index in [1.807, 2.05) is 91.0 Å². The molecular formula is C21H18O3Si. The van der Waals surface area contributed by atoms with Gasteiger partial charge in [0.25, 0.3) is 0 Å². The second kappa shape index (κ2) is 8.09. The van der Waals surface area contributed by atoms with E-state index in [4.69, 9.17) is 13.3 Å². The molecule has 124 valence electrons. The van der Waals surface area contributed by atoms with Gasteiger partial charge < -0.3 is 13.3 Å². The van der Waals surface area contributed by atoms with Gasteiger partial charge in [-0.05, 0) is 43.3 Å². The maximum absolute atomic E-state index is 6.17. The lowest BCUT2D eigenvalue weighted by molar-refractivity contribution is 0.283. The third-order valence-electron chi connectivity index (χ3n) is 3.26. The molecule has 0 atom stereocenters. The van der Waals surface area contributed by atoms with Crippen molar-refractivity contribution < 1.29 is 13.3 Å². The van der Waals surface area contributed by atoms with Gasteiger partial charge in [0.2, 0.25) is 0 Å². The Bertz CT molecular complexity index is 738. The van der Waals surface area contributed by atoms with E-state index >= 15 is 0 Å². The van der Waals surface area contributed by atoms with Crippen LogP contribution in [0.3, 0.4) is 0 Å². The van der Waals surface area contributed by atoms with Gasteiger partial charge in [-0.2, -0.15) is 0 Å². The third-order valence-corrected chi connectivity index (χ3v) is 5.33. The van der Waals surface area contributed by atoms with Crippen LogP contribution in [0, 0.1) is 11.5 Å². The van der Waals surface area contributed by atoms with Crippen LogP contribution in [0.4, 0.5) is 0 Å². The van der Waals surface area contributed by atoms with Gasteiger partial charge in [-0.25, -0.2) is 0 Å². The van der Waals surface area contributed by atoms with Crippen molar-refractivity contribution in [2.24, 2.45) is 0 Å². The molecule has 3 aromatic carbocycles. The molecular weight excluding hydrogens is 328 g/mol. The van der Waals surface area contributed by atoms with Crippen molar-refractivity contribution in [3.8, 4) is 28.7 Å². The first kappa shape index (κ1) is 16.7. The monoisotopic (exact) mass is 346 g/mol. The molecule has 0 aliphatic heterocycles. The summed E-state index contributed by atoms with van der Waals surface area (Å²) in [6.07, 6.45) is 0. The van der Waals surface area contributed by atoms with E-state index in [2.05, 4.69) is 11.5 Å². The molecule has 0 amide bonds. The van der Waals surface area contributed by atoms with Crippen LogP contribution < -0.4 is 13.3 Å². The van der Waals surface area contributed by atoms with E-state index in [9.17, 15) is 0 Å². The molecule has 0 bridgehead atoms. The highest BCUT2D eigenvalue weighted by Crippen LogP contribution is 2.23. The van der Waals surface area contributed by atoms with Crippen molar-refractivity contribution in [1.82, 2.24) is 0 Å². The Morgan fingerprint density at radius 1 is 0.560 bits per heavy atom. The highest BCUT2D eigenvalue weighted by molar-refractivity contribution is 6.71. The molecule has 0 saturated heterocycles. The molecule has 0 saturated carbocycles. The highest BCUT2D eigenvalue weighted by Gasteiger charge is 2.49. The molecule has 3 rings (SSSR count). The zero-order valence-electron chi connectivity index (χ0n) is 13.9. The van der Waals surface area contributed by atoms with Gasteiger partial charge >= 0.3 is 8.80 Å². The number of hydrogen-bond donors (Lipinski definition) is 0. The van der Waals surface area contributed by atoms with Crippen molar-refractivity contribution in [2.75, 3.05) is 0 Å². The molecule has 0 N–H and O–H groups in total. The molecule has 0 radical (unpaired) electrons.